The molecule has 20 heavy (non-hydrogen) atoms. The molecule has 0 amide bonds. The third kappa shape index (κ3) is 10.2. The second kappa shape index (κ2) is 14.4. The quantitative estimate of drug-likeness (QED) is 0.197. The number of hydrogen-bond acceptors (Lipinski definition) is 7. The van der Waals surface area contributed by atoms with Crippen molar-refractivity contribution in [2.45, 2.75) is 53.4 Å². The summed E-state index contributed by atoms with van der Waals surface area (Å²) in [7, 11) is 0. The Labute approximate surface area is 126 Å². The van der Waals surface area contributed by atoms with Crippen LogP contribution in [0, 0.1) is 0 Å². The van der Waals surface area contributed by atoms with Crippen LogP contribution in [0.25, 0.3) is 0 Å². The zero-order valence-electron chi connectivity index (χ0n) is 13.0. The van der Waals surface area contributed by atoms with Crippen LogP contribution in [0.2, 0.25) is 0 Å². The Balaban J connectivity index is 4.34. The van der Waals surface area contributed by atoms with Crippen LogP contribution in [0.1, 0.15) is 53.4 Å². The predicted molar refractivity (Wildman–Crippen MR) is 68.2 cm³/mol. The number of unbranched alkanes of at least 4 members (excludes halogenated alkanes) is 3. The average Bonchev–Trinajstić information content (AvgIpc) is 2.48. The van der Waals surface area contributed by atoms with Crippen LogP contribution in [0.4, 0.5) is 0 Å². The van der Waals surface area contributed by atoms with Crippen LogP contribution in [0.15, 0.2) is 0 Å². The van der Waals surface area contributed by atoms with E-state index in [-0.39, 0.29) is 0 Å². The Morgan fingerprint density at radius 3 is 1.55 bits per heavy atom. The number of rotatable bonds is 15. The monoisotopic (exact) mass is 332 g/mol. The number of hydrogen-bond donors (Lipinski definition) is 0. The van der Waals surface area contributed by atoms with Gasteiger partial charge in [-0.15, -0.1) is 0 Å². The van der Waals surface area contributed by atoms with Crippen molar-refractivity contribution < 1.29 is 46.5 Å². The maximum atomic E-state index is 5.63. The second-order valence-corrected chi connectivity index (χ2v) is 6.67. The Hall–Kier alpha value is 0.434. The molecule has 122 valence electrons. The summed E-state index contributed by atoms with van der Waals surface area (Å²) in [5, 5.41) is 0. The Bertz CT molecular complexity index is 184. The summed E-state index contributed by atoms with van der Waals surface area (Å²) in [5.74, 6) is 0. The van der Waals surface area contributed by atoms with Gasteiger partial charge in [0.05, 0.1) is 0 Å². The Kier molecular flexibility index (Phi) is 14.7. The third-order valence-electron chi connectivity index (χ3n) is 2.11. The van der Waals surface area contributed by atoms with Crippen LogP contribution in [0.3, 0.4) is 0 Å². The average molecular weight is 332 g/mol. The molecule has 0 fully saturated rings. The van der Waals surface area contributed by atoms with E-state index >= 15 is 0 Å². The van der Waals surface area contributed by atoms with Crippen molar-refractivity contribution in [1.29, 1.82) is 0 Å². The first-order valence-corrected chi connectivity index (χ1v) is 9.85. The minimum absolute atomic E-state index is 0.344. The van der Waals surface area contributed by atoms with Crippen molar-refractivity contribution in [2.24, 2.45) is 0 Å². The molecule has 0 aliphatic heterocycles. The molecule has 0 aliphatic rings. The first-order valence-electron chi connectivity index (χ1n) is 7.30. The van der Waals surface area contributed by atoms with E-state index < -0.39 is 18.1 Å². The molecular weight excluding hydrogens is 304 g/mol. The summed E-state index contributed by atoms with van der Waals surface area (Å²) in [5.41, 5.74) is 0. The van der Waals surface area contributed by atoms with E-state index in [0.717, 1.165) is 25.7 Å². The van der Waals surface area contributed by atoms with E-state index in [9.17, 15) is 0 Å². The molecular formula is C12H28O7Ti. The molecule has 8 heteroatoms. The van der Waals surface area contributed by atoms with E-state index in [1.54, 1.807) is 20.8 Å². The van der Waals surface area contributed by atoms with E-state index in [0.29, 0.717) is 26.4 Å². The standard InChI is InChI=1S/C6H13O.3C2H6O2.Ti/c1-2-3-4-5-6-7;3*1-2-4-3;/h2-6H2,1H3;3*3H,2H2,1H3;/q-1;;;;+4/p-3. The maximum absolute atomic E-state index is 5.63. The summed E-state index contributed by atoms with van der Waals surface area (Å²) < 4.78 is 21.1. The summed E-state index contributed by atoms with van der Waals surface area (Å²) in [6, 6.07) is 0. The van der Waals surface area contributed by atoms with Gasteiger partial charge in [-0.2, -0.15) is 0 Å². The van der Waals surface area contributed by atoms with Crippen LogP contribution in [0.5, 0.6) is 0 Å². The van der Waals surface area contributed by atoms with Crippen molar-refractivity contribution in [1.82, 2.24) is 0 Å². The molecule has 0 aromatic rings. The molecule has 0 N–H and O–H groups in total. The Morgan fingerprint density at radius 1 is 0.650 bits per heavy atom. The molecule has 0 bridgehead atoms. The summed E-state index contributed by atoms with van der Waals surface area (Å²) in [4.78, 5) is 14.8. The van der Waals surface area contributed by atoms with Crippen LogP contribution in [-0.2, 0) is 46.5 Å². The summed E-state index contributed by atoms with van der Waals surface area (Å²) in [6.45, 7) is 9.00. The van der Waals surface area contributed by atoms with Gasteiger partial charge in [0.2, 0.25) is 0 Å². The molecule has 0 unspecified atom stereocenters. The molecule has 0 rings (SSSR count). The van der Waals surface area contributed by atoms with Gasteiger partial charge in [0.15, 0.2) is 0 Å². The summed E-state index contributed by atoms with van der Waals surface area (Å²) >= 11 is -4.15. The van der Waals surface area contributed by atoms with Gasteiger partial charge < -0.3 is 0 Å². The SMILES string of the molecule is CCCCCC[O][Ti]([O]OCC)([O]OCC)[O]OCC. The van der Waals surface area contributed by atoms with Crippen LogP contribution >= 0.6 is 0 Å². The minimum atomic E-state index is -4.15. The van der Waals surface area contributed by atoms with Crippen molar-refractivity contribution in [3.8, 4) is 0 Å². The topological polar surface area (TPSA) is 64.6 Å². The van der Waals surface area contributed by atoms with Crippen LogP contribution in [-0.4, -0.2) is 26.4 Å². The van der Waals surface area contributed by atoms with Gasteiger partial charge in [-0.25, -0.2) is 0 Å². The molecule has 0 saturated carbocycles. The van der Waals surface area contributed by atoms with Crippen molar-refractivity contribution >= 4 is 0 Å². The molecule has 0 atom stereocenters. The molecule has 0 aliphatic carbocycles. The van der Waals surface area contributed by atoms with E-state index in [1.807, 2.05) is 0 Å². The molecule has 0 aromatic heterocycles. The fraction of sp³-hybridized carbons (Fsp3) is 1.00. The molecule has 0 spiro atoms. The van der Waals surface area contributed by atoms with Gasteiger partial charge >= 0.3 is 126 Å². The first-order chi connectivity index (χ1) is 9.74. The van der Waals surface area contributed by atoms with Crippen LogP contribution < -0.4 is 0 Å². The predicted octanol–water partition coefficient (Wildman–Crippen LogP) is 3.30. The second-order valence-electron chi connectivity index (χ2n) is 3.88. The van der Waals surface area contributed by atoms with Gasteiger partial charge in [0, 0.05) is 0 Å². The van der Waals surface area contributed by atoms with Crippen molar-refractivity contribution in [3.63, 3.8) is 0 Å². The molecule has 0 saturated heterocycles. The zero-order chi connectivity index (χ0) is 15.1. The normalized spacial score (nSPS) is 12.0. The van der Waals surface area contributed by atoms with Crippen molar-refractivity contribution in [3.05, 3.63) is 0 Å². The Morgan fingerprint density at radius 2 is 1.15 bits per heavy atom. The summed E-state index contributed by atoms with van der Waals surface area (Å²) in [6.07, 6.45) is 4.29. The fourth-order valence-electron chi connectivity index (χ4n) is 1.23. The molecule has 0 radical (unpaired) electrons. The van der Waals surface area contributed by atoms with Gasteiger partial charge in [0.1, 0.15) is 0 Å². The van der Waals surface area contributed by atoms with Crippen molar-refractivity contribution in [2.75, 3.05) is 26.4 Å². The van der Waals surface area contributed by atoms with Gasteiger partial charge in [-0.05, 0) is 0 Å². The van der Waals surface area contributed by atoms with E-state index in [1.165, 1.54) is 0 Å². The molecule has 0 heterocycles. The van der Waals surface area contributed by atoms with Gasteiger partial charge in [0.25, 0.3) is 0 Å². The fourth-order valence-corrected chi connectivity index (χ4v) is 3.43. The van der Waals surface area contributed by atoms with Gasteiger partial charge in [-0.3, -0.25) is 0 Å². The van der Waals surface area contributed by atoms with Gasteiger partial charge in [-0.1, -0.05) is 0 Å². The zero-order valence-corrected chi connectivity index (χ0v) is 14.6. The van der Waals surface area contributed by atoms with E-state index in [2.05, 4.69) is 6.92 Å². The first kappa shape index (κ1) is 20.4. The van der Waals surface area contributed by atoms with E-state index in [4.69, 9.17) is 28.4 Å². The molecule has 7 nitrogen and oxygen atoms in total. The molecule has 0 aromatic carbocycles. The third-order valence-corrected chi connectivity index (χ3v) is 4.49.